The van der Waals surface area contributed by atoms with Gasteiger partial charge in [0.25, 0.3) is 5.91 Å². The number of aliphatic hydroxyl groups excluding tert-OH is 1. The van der Waals surface area contributed by atoms with Gasteiger partial charge in [-0.25, -0.2) is 0 Å². The molecule has 3 fully saturated rings. The maximum absolute atomic E-state index is 13.1. The van der Waals surface area contributed by atoms with Crippen molar-refractivity contribution in [3.05, 3.63) is 67.7 Å². The number of carbonyl (C=O) groups excluding carboxylic acids is 1. The van der Waals surface area contributed by atoms with Gasteiger partial charge in [0, 0.05) is 32.7 Å². The molecule has 2 bridgehead atoms. The Kier molecular flexibility index (Phi) is 7.03. The van der Waals surface area contributed by atoms with E-state index in [0.717, 1.165) is 30.5 Å². The number of aliphatic hydroxyl groups is 1. The van der Waals surface area contributed by atoms with Gasteiger partial charge in [-0.1, -0.05) is 30.6 Å². The van der Waals surface area contributed by atoms with Crippen molar-refractivity contribution in [3.63, 3.8) is 0 Å². The molecule has 6 rings (SSSR count). The summed E-state index contributed by atoms with van der Waals surface area (Å²) in [5.74, 6) is 0.563. The van der Waals surface area contributed by atoms with Crippen LogP contribution >= 0.6 is 22.6 Å². The minimum Gasteiger partial charge on any atom is -0.507 e. The Bertz CT molecular complexity index is 1380. The molecule has 1 aromatic heterocycles. The quantitative estimate of drug-likeness (QED) is 0.141. The predicted octanol–water partition coefficient (Wildman–Crippen LogP) is 5.89. The lowest BCUT2D eigenvalue weighted by Crippen LogP contribution is -2.55. The Labute approximate surface area is 222 Å². The number of phenolic OH excluding ortho intramolecular Hbond substituents is 1. The number of carbonyl (C=O) groups is 1. The van der Waals surface area contributed by atoms with Crippen LogP contribution in [-0.2, 0) is 0 Å². The van der Waals surface area contributed by atoms with Crippen LogP contribution in [0.2, 0.25) is 0 Å². The smallest absolute Gasteiger partial charge is 0.259 e. The van der Waals surface area contributed by atoms with Crippen molar-refractivity contribution in [2.24, 2.45) is 17.0 Å². The molecule has 186 valence electrons. The minimum atomic E-state index is -0.652. The summed E-state index contributed by atoms with van der Waals surface area (Å²) in [7, 11) is 0. The van der Waals surface area contributed by atoms with E-state index < -0.39 is 12.0 Å². The topological polar surface area (TPSA) is 134 Å². The van der Waals surface area contributed by atoms with Crippen molar-refractivity contribution in [3.8, 4) is 5.75 Å². The molecule has 0 radical (unpaired) electrons. The summed E-state index contributed by atoms with van der Waals surface area (Å²) in [6.07, 6.45) is 4.38. The number of amides is 1. The summed E-state index contributed by atoms with van der Waals surface area (Å²) < 4.78 is 0.539. The van der Waals surface area contributed by atoms with Gasteiger partial charge < -0.3 is 15.5 Å². The monoisotopic (exact) mass is 598 g/mol. The third-order valence-corrected chi connectivity index (χ3v) is 8.52. The number of nitrogens with zero attached hydrogens (tertiary/aromatic N) is 5. The van der Waals surface area contributed by atoms with E-state index in [9.17, 15) is 15.0 Å². The molecule has 3 N–H and O–H groups in total. The van der Waals surface area contributed by atoms with Crippen LogP contribution in [0, 0.1) is 15.4 Å². The number of azide groups is 1. The Hall–Kier alpha value is -2.92. The number of nitrogens with one attached hydrogen (secondary N) is 1. The number of rotatable bonds is 6. The number of pyridine rings is 1. The summed E-state index contributed by atoms with van der Waals surface area (Å²) in [5.41, 5.74) is 10.8. The van der Waals surface area contributed by atoms with Crippen LogP contribution in [0.5, 0.6) is 5.75 Å². The van der Waals surface area contributed by atoms with Gasteiger partial charge in [-0.05, 0) is 89.2 Å². The number of anilines is 1. The zero-order valence-corrected chi connectivity index (χ0v) is 22.0. The van der Waals surface area contributed by atoms with Gasteiger partial charge in [-0.15, -0.1) is 0 Å². The fourth-order valence-electron chi connectivity index (χ4n) is 5.78. The normalized spacial score (nSPS) is 23.8. The summed E-state index contributed by atoms with van der Waals surface area (Å²) in [6, 6.07) is 10.2. The van der Waals surface area contributed by atoms with Crippen LogP contribution in [0.3, 0.4) is 0 Å². The van der Waals surface area contributed by atoms with E-state index in [1.807, 2.05) is 40.8 Å². The van der Waals surface area contributed by atoms with E-state index in [1.165, 1.54) is 25.0 Å². The molecule has 3 aliphatic heterocycles. The SMILES string of the molecule is CCC1CN2CCC1CC2C(O)c1ccnc2c(NC(=O)c3cc(I)c(N=[N+]=[N-])cc3O)cccc12. The van der Waals surface area contributed by atoms with Crippen LogP contribution in [0.15, 0.2) is 47.7 Å². The lowest BCUT2D eigenvalue weighted by Gasteiger charge is -2.51. The van der Waals surface area contributed by atoms with Crippen molar-refractivity contribution in [1.29, 1.82) is 0 Å². The molecule has 0 spiro atoms. The molecule has 3 saturated heterocycles. The third-order valence-electron chi connectivity index (χ3n) is 7.66. The number of hydrogen-bond acceptors (Lipinski definition) is 6. The van der Waals surface area contributed by atoms with E-state index in [4.69, 9.17) is 5.53 Å². The summed E-state index contributed by atoms with van der Waals surface area (Å²) in [6.45, 7) is 4.31. The van der Waals surface area contributed by atoms with E-state index in [2.05, 4.69) is 32.2 Å². The first-order chi connectivity index (χ1) is 17.4. The maximum Gasteiger partial charge on any atom is 0.259 e. The summed E-state index contributed by atoms with van der Waals surface area (Å²) >= 11 is 1.95. The number of aromatic nitrogens is 1. The highest BCUT2D eigenvalue weighted by atomic mass is 127. The van der Waals surface area contributed by atoms with E-state index in [0.29, 0.717) is 26.6 Å². The molecule has 3 aromatic rings. The van der Waals surface area contributed by atoms with Crippen LogP contribution in [0.25, 0.3) is 21.3 Å². The number of halogens is 1. The first-order valence-electron chi connectivity index (χ1n) is 12.1. The second-order valence-electron chi connectivity index (χ2n) is 9.53. The fourth-order valence-corrected chi connectivity index (χ4v) is 6.36. The van der Waals surface area contributed by atoms with Gasteiger partial charge in [0.1, 0.15) is 5.75 Å². The number of aromatic hydroxyl groups is 1. The van der Waals surface area contributed by atoms with Gasteiger partial charge in [-0.2, -0.15) is 0 Å². The summed E-state index contributed by atoms with van der Waals surface area (Å²) in [4.78, 5) is 22.7. The predicted molar refractivity (Wildman–Crippen MR) is 146 cm³/mol. The Morgan fingerprint density at radius 3 is 2.94 bits per heavy atom. The van der Waals surface area contributed by atoms with Gasteiger partial charge in [0.15, 0.2) is 0 Å². The molecule has 5 unspecified atom stereocenters. The molecule has 2 aromatic carbocycles. The average molecular weight is 598 g/mol. The van der Waals surface area contributed by atoms with Crippen molar-refractivity contribution in [2.45, 2.75) is 38.3 Å². The number of phenols is 1. The molecule has 4 heterocycles. The van der Waals surface area contributed by atoms with Gasteiger partial charge in [0.05, 0.1) is 28.6 Å². The zero-order valence-electron chi connectivity index (χ0n) is 19.8. The molecule has 10 heteroatoms. The molecule has 9 nitrogen and oxygen atoms in total. The first-order valence-corrected chi connectivity index (χ1v) is 13.2. The molecule has 0 saturated carbocycles. The lowest BCUT2D eigenvalue weighted by molar-refractivity contribution is -0.0562. The van der Waals surface area contributed by atoms with Crippen LogP contribution in [0.1, 0.15) is 48.2 Å². The number of piperidine rings is 3. The molecule has 0 aliphatic carbocycles. The third kappa shape index (κ3) is 4.50. The van der Waals surface area contributed by atoms with Crippen LogP contribution in [-0.4, -0.2) is 45.1 Å². The molecule has 36 heavy (non-hydrogen) atoms. The highest BCUT2D eigenvalue weighted by Crippen LogP contribution is 2.43. The average Bonchev–Trinajstić information content (AvgIpc) is 2.90. The largest absolute Gasteiger partial charge is 0.507 e. The Morgan fingerprint density at radius 1 is 1.39 bits per heavy atom. The second kappa shape index (κ2) is 10.2. The molecular formula is C26H27IN6O3. The standard InChI is InChI=1S/C26H27IN6O3/c1-2-14-13-33-9-7-15(14)10-22(33)25(35)17-6-8-29-24-16(17)4-3-5-20(24)30-26(36)18-11-19(27)21(31-32-28)12-23(18)34/h3-6,8,11-12,14-15,22,25,34-35H,2,7,9-10,13H2,1H3,(H,30,36). The number of hydrogen-bond donors (Lipinski definition) is 3. The van der Waals surface area contributed by atoms with Crippen molar-refractivity contribution >= 4 is 50.8 Å². The minimum absolute atomic E-state index is 0.0565. The van der Waals surface area contributed by atoms with Gasteiger partial charge >= 0.3 is 0 Å². The van der Waals surface area contributed by atoms with Crippen molar-refractivity contribution in [2.75, 3.05) is 18.4 Å². The Balaban J connectivity index is 1.44. The number of benzene rings is 2. The lowest BCUT2D eigenvalue weighted by atomic mass is 9.72. The van der Waals surface area contributed by atoms with E-state index in [1.54, 1.807) is 12.3 Å². The first kappa shape index (κ1) is 24.8. The van der Waals surface area contributed by atoms with Crippen LogP contribution in [0.4, 0.5) is 11.4 Å². The zero-order chi connectivity index (χ0) is 25.4. The molecule has 5 atom stereocenters. The molecule has 1 amide bonds. The van der Waals surface area contributed by atoms with Gasteiger partial charge in [0.2, 0.25) is 0 Å². The van der Waals surface area contributed by atoms with Crippen molar-refractivity contribution in [1.82, 2.24) is 9.88 Å². The highest BCUT2D eigenvalue weighted by Gasteiger charge is 2.42. The fraction of sp³-hybridized carbons (Fsp3) is 0.385. The summed E-state index contributed by atoms with van der Waals surface area (Å²) in [5, 5.41) is 29.0. The molecule has 3 aliphatic rings. The molecular weight excluding hydrogens is 571 g/mol. The highest BCUT2D eigenvalue weighted by molar-refractivity contribution is 14.1. The number of para-hydroxylation sites is 1. The van der Waals surface area contributed by atoms with E-state index >= 15 is 0 Å². The maximum atomic E-state index is 13.1. The second-order valence-corrected chi connectivity index (χ2v) is 10.7. The Morgan fingerprint density at radius 2 is 2.22 bits per heavy atom. The van der Waals surface area contributed by atoms with E-state index in [-0.39, 0.29) is 23.0 Å². The number of fused-ring (bicyclic) bond motifs is 4. The van der Waals surface area contributed by atoms with Crippen LogP contribution < -0.4 is 5.32 Å². The van der Waals surface area contributed by atoms with Gasteiger partial charge in [-0.3, -0.25) is 14.7 Å². The van der Waals surface area contributed by atoms with Crippen molar-refractivity contribution < 1.29 is 15.0 Å².